The highest BCUT2D eigenvalue weighted by Crippen LogP contribution is 2.42. The quantitative estimate of drug-likeness (QED) is 0.708. The van der Waals surface area contributed by atoms with E-state index in [1.54, 1.807) is 19.1 Å². The Morgan fingerprint density at radius 3 is 2.22 bits per heavy atom. The molecule has 1 saturated heterocycles. The third-order valence-corrected chi connectivity index (χ3v) is 4.22. The molecule has 8 nitrogen and oxygen atoms in total. The molecule has 2 atom stereocenters. The van der Waals surface area contributed by atoms with Crippen molar-refractivity contribution in [1.29, 1.82) is 0 Å². The maximum atomic E-state index is 12.7. The Morgan fingerprint density at radius 1 is 1.11 bits per heavy atom. The lowest BCUT2D eigenvalue weighted by molar-refractivity contribution is -0.147. The van der Waals surface area contributed by atoms with Gasteiger partial charge >= 0.3 is 12.0 Å². The molecule has 148 valence electrons. The van der Waals surface area contributed by atoms with Gasteiger partial charge in [-0.2, -0.15) is 0 Å². The second-order valence-corrected chi connectivity index (χ2v) is 5.83. The lowest BCUT2D eigenvalue weighted by Gasteiger charge is -2.34. The van der Waals surface area contributed by atoms with E-state index in [-0.39, 0.29) is 6.61 Å². The number of allylic oxidation sites excluding steroid dienone is 1. The Kier molecular flexibility index (Phi) is 6.92. The van der Waals surface area contributed by atoms with E-state index in [2.05, 4.69) is 10.6 Å². The Balaban J connectivity index is 2.59. The third-order valence-electron chi connectivity index (χ3n) is 4.22. The molecule has 1 aromatic rings. The highest BCUT2D eigenvalue weighted by atomic mass is 16.5. The monoisotopic (exact) mass is 378 g/mol. The van der Waals surface area contributed by atoms with Crippen LogP contribution >= 0.6 is 0 Å². The van der Waals surface area contributed by atoms with E-state index in [1.807, 2.05) is 13.0 Å². The number of methoxy groups -OCH3 is 3. The fourth-order valence-electron chi connectivity index (χ4n) is 3.10. The first kappa shape index (κ1) is 20.4. The maximum Gasteiger partial charge on any atom is 0.319 e. The van der Waals surface area contributed by atoms with Crippen molar-refractivity contribution in [3.05, 3.63) is 29.5 Å². The van der Waals surface area contributed by atoms with Crippen molar-refractivity contribution in [3.8, 4) is 17.2 Å². The van der Waals surface area contributed by atoms with E-state index in [0.29, 0.717) is 34.9 Å². The van der Waals surface area contributed by atoms with Crippen molar-refractivity contribution < 1.29 is 28.5 Å². The fourth-order valence-corrected chi connectivity index (χ4v) is 3.10. The number of carbonyl (C=O) groups is 2. The Labute approximate surface area is 158 Å². The number of rotatable bonds is 7. The summed E-state index contributed by atoms with van der Waals surface area (Å²) >= 11 is 0. The average Bonchev–Trinajstić information content (AvgIpc) is 2.66. The van der Waals surface area contributed by atoms with Gasteiger partial charge in [-0.25, -0.2) is 4.79 Å². The molecule has 1 fully saturated rings. The molecule has 0 spiro atoms. The first-order valence-electron chi connectivity index (χ1n) is 8.74. The second kappa shape index (κ2) is 9.16. The number of urea groups is 1. The minimum absolute atomic E-state index is 0.241. The van der Waals surface area contributed by atoms with E-state index in [0.717, 1.165) is 0 Å². The first-order valence-corrected chi connectivity index (χ1v) is 8.74. The van der Waals surface area contributed by atoms with Gasteiger partial charge in [0.25, 0.3) is 0 Å². The van der Waals surface area contributed by atoms with Crippen molar-refractivity contribution in [2.75, 3.05) is 27.9 Å². The number of amides is 2. The average molecular weight is 378 g/mol. The van der Waals surface area contributed by atoms with Crippen LogP contribution in [-0.2, 0) is 9.53 Å². The molecule has 0 bridgehead atoms. The summed E-state index contributed by atoms with van der Waals surface area (Å²) in [6.45, 7) is 3.91. The molecule has 2 rings (SSSR count). The zero-order chi connectivity index (χ0) is 20.0. The molecule has 0 aromatic heterocycles. The predicted molar refractivity (Wildman–Crippen MR) is 99.0 cm³/mol. The van der Waals surface area contributed by atoms with Crippen molar-refractivity contribution in [1.82, 2.24) is 10.6 Å². The highest BCUT2D eigenvalue weighted by Gasteiger charge is 2.40. The summed E-state index contributed by atoms with van der Waals surface area (Å²) in [5.41, 5.74) is 1.15. The summed E-state index contributed by atoms with van der Waals surface area (Å²) in [6.07, 6.45) is 2.47. The van der Waals surface area contributed by atoms with Gasteiger partial charge in [-0.1, -0.05) is 13.0 Å². The van der Waals surface area contributed by atoms with Gasteiger partial charge in [0.05, 0.1) is 34.0 Å². The van der Waals surface area contributed by atoms with Crippen LogP contribution in [0, 0.1) is 5.92 Å². The lowest BCUT2D eigenvalue weighted by atomic mass is 9.87. The maximum absolute atomic E-state index is 12.7. The number of benzene rings is 1. The molecule has 1 heterocycles. The molecular weight excluding hydrogens is 352 g/mol. The van der Waals surface area contributed by atoms with Crippen molar-refractivity contribution in [2.24, 2.45) is 5.92 Å². The topological polar surface area (TPSA) is 95.1 Å². The van der Waals surface area contributed by atoms with Gasteiger partial charge in [0.2, 0.25) is 5.75 Å². The zero-order valence-corrected chi connectivity index (χ0v) is 16.3. The molecular formula is C19H26N2O6. The summed E-state index contributed by atoms with van der Waals surface area (Å²) in [4.78, 5) is 24.9. The minimum atomic E-state index is -0.717. The van der Waals surface area contributed by atoms with Gasteiger partial charge in [-0.3, -0.25) is 4.79 Å². The summed E-state index contributed by atoms with van der Waals surface area (Å²) in [6, 6.07) is 2.39. The van der Waals surface area contributed by atoms with E-state index in [1.165, 1.54) is 21.3 Å². The SMILES string of the molecule is CCC=C1NC(=O)NC(c2cc(OC)c(OC)c(OC)c2)C1C(=O)OCC. The molecule has 2 unspecified atom stereocenters. The van der Waals surface area contributed by atoms with Crippen LogP contribution in [0.15, 0.2) is 23.9 Å². The molecule has 2 amide bonds. The Bertz CT molecular complexity index is 706. The van der Waals surface area contributed by atoms with Crippen LogP contribution in [0.2, 0.25) is 0 Å². The summed E-state index contributed by atoms with van der Waals surface area (Å²) in [5.74, 6) is 0.154. The van der Waals surface area contributed by atoms with Crippen molar-refractivity contribution in [2.45, 2.75) is 26.3 Å². The van der Waals surface area contributed by atoms with Gasteiger partial charge in [0, 0.05) is 5.70 Å². The number of hydrogen-bond donors (Lipinski definition) is 2. The van der Waals surface area contributed by atoms with Gasteiger partial charge in [-0.15, -0.1) is 0 Å². The van der Waals surface area contributed by atoms with E-state index in [9.17, 15) is 9.59 Å². The van der Waals surface area contributed by atoms with E-state index >= 15 is 0 Å². The number of esters is 1. The van der Waals surface area contributed by atoms with Crippen LogP contribution in [0.25, 0.3) is 0 Å². The molecule has 1 aliphatic heterocycles. The van der Waals surface area contributed by atoms with Crippen LogP contribution in [-0.4, -0.2) is 39.9 Å². The highest BCUT2D eigenvalue weighted by molar-refractivity contribution is 5.85. The van der Waals surface area contributed by atoms with Crippen LogP contribution in [0.1, 0.15) is 31.9 Å². The zero-order valence-electron chi connectivity index (χ0n) is 16.3. The predicted octanol–water partition coefficient (Wildman–Crippen LogP) is 2.54. The van der Waals surface area contributed by atoms with E-state index in [4.69, 9.17) is 18.9 Å². The minimum Gasteiger partial charge on any atom is -0.493 e. The molecule has 1 aliphatic rings. The molecule has 2 N–H and O–H groups in total. The lowest BCUT2D eigenvalue weighted by Crippen LogP contribution is -2.51. The number of hydrogen-bond acceptors (Lipinski definition) is 6. The molecule has 0 radical (unpaired) electrons. The first-order chi connectivity index (χ1) is 13.0. The van der Waals surface area contributed by atoms with Gasteiger partial charge < -0.3 is 29.6 Å². The third kappa shape index (κ3) is 4.27. The van der Waals surface area contributed by atoms with Crippen molar-refractivity contribution >= 4 is 12.0 Å². The van der Waals surface area contributed by atoms with Gasteiger partial charge in [0.1, 0.15) is 5.92 Å². The summed E-state index contributed by atoms with van der Waals surface area (Å²) in [5, 5.41) is 5.52. The van der Waals surface area contributed by atoms with Crippen molar-refractivity contribution in [3.63, 3.8) is 0 Å². The molecule has 1 aromatic carbocycles. The summed E-state index contributed by atoms with van der Waals surface area (Å²) in [7, 11) is 4.52. The number of ether oxygens (including phenoxy) is 4. The largest absolute Gasteiger partial charge is 0.493 e. The van der Waals surface area contributed by atoms with Gasteiger partial charge in [-0.05, 0) is 31.0 Å². The fraction of sp³-hybridized carbons (Fsp3) is 0.474. The van der Waals surface area contributed by atoms with Crippen LogP contribution in [0.4, 0.5) is 4.79 Å². The standard InChI is InChI=1S/C19H26N2O6/c1-6-8-12-15(18(22)27-7-2)16(21-19(23)20-12)11-9-13(24-3)17(26-5)14(10-11)25-4/h8-10,15-16H,6-7H2,1-5H3,(H2,20,21,23). The van der Waals surface area contributed by atoms with Crippen LogP contribution in [0.5, 0.6) is 17.2 Å². The number of carbonyl (C=O) groups excluding carboxylic acids is 2. The molecule has 27 heavy (non-hydrogen) atoms. The summed E-state index contributed by atoms with van der Waals surface area (Å²) < 4.78 is 21.4. The Morgan fingerprint density at radius 2 is 1.74 bits per heavy atom. The molecule has 0 saturated carbocycles. The molecule has 0 aliphatic carbocycles. The van der Waals surface area contributed by atoms with Crippen LogP contribution < -0.4 is 24.8 Å². The molecule has 8 heteroatoms. The smallest absolute Gasteiger partial charge is 0.319 e. The second-order valence-electron chi connectivity index (χ2n) is 5.83. The van der Waals surface area contributed by atoms with E-state index < -0.39 is 24.0 Å². The van der Waals surface area contributed by atoms with Gasteiger partial charge in [0.15, 0.2) is 11.5 Å². The van der Waals surface area contributed by atoms with Crippen LogP contribution in [0.3, 0.4) is 0 Å². The number of nitrogens with one attached hydrogen (secondary N) is 2. The Hall–Kier alpha value is -2.90. The normalized spacial score (nSPS) is 20.5.